The van der Waals surface area contributed by atoms with Crippen LogP contribution in [-0.4, -0.2) is 31.7 Å². The van der Waals surface area contributed by atoms with E-state index in [1.807, 2.05) is 6.92 Å². The third-order valence-corrected chi connectivity index (χ3v) is 3.07. The van der Waals surface area contributed by atoms with Crippen LogP contribution in [0.4, 0.5) is 19.0 Å². The summed E-state index contributed by atoms with van der Waals surface area (Å²) in [6.07, 6.45) is -3.83. The minimum atomic E-state index is -4.60. The number of rotatable bonds is 5. The fourth-order valence-electron chi connectivity index (χ4n) is 1.41. The Labute approximate surface area is 123 Å². The second-order valence-corrected chi connectivity index (χ2v) is 5.13. The Bertz CT molecular complexity index is 612. The van der Waals surface area contributed by atoms with Crippen molar-refractivity contribution in [1.29, 1.82) is 0 Å². The van der Waals surface area contributed by atoms with Crippen molar-refractivity contribution < 1.29 is 13.2 Å². The van der Waals surface area contributed by atoms with Gasteiger partial charge in [-0.05, 0) is 25.1 Å². The lowest BCUT2D eigenvalue weighted by atomic mass is 10.4. The highest BCUT2D eigenvalue weighted by Crippen LogP contribution is 2.31. The highest BCUT2D eigenvalue weighted by molar-refractivity contribution is 7.99. The molecule has 2 heterocycles. The summed E-state index contributed by atoms with van der Waals surface area (Å²) >= 11 is 0.942. The SMILES string of the molecule is CCCNc1cc(Sc2n[nH]c(C)n2)nc(C(F)(F)F)n1. The fourth-order valence-corrected chi connectivity index (χ4v) is 2.17. The Morgan fingerprint density at radius 3 is 2.62 bits per heavy atom. The molecule has 21 heavy (non-hydrogen) atoms. The maximum Gasteiger partial charge on any atom is 0.451 e. The number of anilines is 1. The zero-order chi connectivity index (χ0) is 15.5. The van der Waals surface area contributed by atoms with E-state index < -0.39 is 12.0 Å². The minimum absolute atomic E-state index is 0.133. The molecule has 0 aliphatic rings. The molecule has 0 fully saturated rings. The number of nitrogens with one attached hydrogen (secondary N) is 2. The lowest BCUT2D eigenvalue weighted by Gasteiger charge is -2.10. The third kappa shape index (κ3) is 4.31. The van der Waals surface area contributed by atoms with Crippen molar-refractivity contribution in [2.45, 2.75) is 36.6 Å². The van der Waals surface area contributed by atoms with Gasteiger partial charge in [0.15, 0.2) is 0 Å². The van der Waals surface area contributed by atoms with Crippen LogP contribution in [-0.2, 0) is 6.18 Å². The number of hydrogen-bond donors (Lipinski definition) is 2. The smallest absolute Gasteiger partial charge is 0.370 e. The predicted molar refractivity (Wildman–Crippen MR) is 71.1 cm³/mol. The van der Waals surface area contributed by atoms with Crippen LogP contribution in [0, 0.1) is 6.92 Å². The lowest BCUT2D eigenvalue weighted by Crippen LogP contribution is -2.14. The van der Waals surface area contributed by atoms with Crippen LogP contribution in [0.25, 0.3) is 0 Å². The summed E-state index contributed by atoms with van der Waals surface area (Å²) in [6.45, 7) is 4.13. The molecule has 0 saturated carbocycles. The topological polar surface area (TPSA) is 79.4 Å². The van der Waals surface area contributed by atoms with E-state index in [0.717, 1.165) is 18.2 Å². The van der Waals surface area contributed by atoms with Gasteiger partial charge in [0.05, 0.1) is 0 Å². The highest BCUT2D eigenvalue weighted by atomic mass is 32.2. The van der Waals surface area contributed by atoms with E-state index in [2.05, 4.69) is 30.5 Å². The second-order valence-electron chi connectivity index (χ2n) is 4.15. The monoisotopic (exact) mass is 318 g/mol. The van der Waals surface area contributed by atoms with Gasteiger partial charge in [0, 0.05) is 12.6 Å². The molecule has 2 aromatic rings. The lowest BCUT2D eigenvalue weighted by molar-refractivity contribution is -0.145. The van der Waals surface area contributed by atoms with Crippen molar-refractivity contribution in [2.24, 2.45) is 0 Å². The van der Waals surface area contributed by atoms with Gasteiger partial charge in [-0.3, -0.25) is 5.10 Å². The summed E-state index contributed by atoms with van der Waals surface area (Å²) in [6, 6.07) is 1.45. The van der Waals surface area contributed by atoms with Crippen LogP contribution in [0.2, 0.25) is 0 Å². The average Bonchev–Trinajstić information content (AvgIpc) is 2.80. The van der Waals surface area contributed by atoms with E-state index in [-0.39, 0.29) is 10.8 Å². The summed E-state index contributed by atoms with van der Waals surface area (Å²) in [5.74, 6) is -0.473. The first-order valence-corrected chi connectivity index (χ1v) is 6.97. The molecule has 2 rings (SSSR count). The predicted octanol–water partition coefficient (Wildman–Crippen LogP) is 2.90. The van der Waals surface area contributed by atoms with Gasteiger partial charge in [0.2, 0.25) is 11.0 Å². The zero-order valence-electron chi connectivity index (χ0n) is 11.3. The van der Waals surface area contributed by atoms with Gasteiger partial charge in [-0.25, -0.2) is 15.0 Å². The number of aromatic amines is 1. The molecule has 0 unspecified atom stereocenters. The zero-order valence-corrected chi connectivity index (χ0v) is 12.1. The number of hydrogen-bond acceptors (Lipinski definition) is 6. The minimum Gasteiger partial charge on any atom is -0.370 e. The van der Waals surface area contributed by atoms with Crippen LogP contribution < -0.4 is 5.32 Å². The molecule has 114 valence electrons. The number of aryl methyl sites for hydroxylation is 1. The molecule has 2 N–H and O–H groups in total. The van der Waals surface area contributed by atoms with Gasteiger partial charge < -0.3 is 5.32 Å². The number of halogens is 3. The molecule has 6 nitrogen and oxygen atoms in total. The second kappa shape index (κ2) is 6.29. The van der Waals surface area contributed by atoms with Crippen molar-refractivity contribution in [3.63, 3.8) is 0 Å². The number of nitrogens with zero attached hydrogens (tertiary/aromatic N) is 4. The molecule has 0 spiro atoms. The van der Waals surface area contributed by atoms with Crippen LogP contribution in [0.1, 0.15) is 25.0 Å². The summed E-state index contributed by atoms with van der Waals surface area (Å²) < 4.78 is 38.4. The first-order valence-electron chi connectivity index (χ1n) is 6.15. The number of aromatic nitrogens is 5. The van der Waals surface area contributed by atoms with Crippen molar-refractivity contribution in [2.75, 3.05) is 11.9 Å². The fraction of sp³-hybridized carbons (Fsp3) is 0.455. The van der Waals surface area contributed by atoms with E-state index in [1.165, 1.54) is 6.07 Å². The molecular weight excluding hydrogens is 305 g/mol. The quantitative estimate of drug-likeness (QED) is 0.825. The van der Waals surface area contributed by atoms with Gasteiger partial charge in [-0.2, -0.15) is 13.2 Å². The molecule has 0 amide bonds. The van der Waals surface area contributed by atoms with E-state index in [4.69, 9.17) is 0 Å². The van der Waals surface area contributed by atoms with Crippen LogP contribution in [0.15, 0.2) is 16.2 Å². The number of alkyl halides is 3. The largest absolute Gasteiger partial charge is 0.451 e. The molecule has 0 atom stereocenters. The van der Waals surface area contributed by atoms with E-state index >= 15 is 0 Å². The van der Waals surface area contributed by atoms with Crippen molar-refractivity contribution in [1.82, 2.24) is 25.1 Å². The molecular formula is C11H13F3N6S. The van der Waals surface area contributed by atoms with E-state index in [1.54, 1.807) is 6.92 Å². The Morgan fingerprint density at radius 2 is 2.05 bits per heavy atom. The molecule has 0 radical (unpaired) electrons. The Balaban J connectivity index is 2.30. The molecule has 10 heteroatoms. The van der Waals surface area contributed by atoms with Crippen molar-refractivity contribution in [3.8, 4) is 0 Å². The van der Waals surface area contributed by atoms with Crippen molar-refractivity contribution in [3.05, 3.63) is 17.7 Å². The molecule has 0 aliphatic carbocycles. The summed E-state index contributed by atoms with van der Waals surface area (Å²) in [5.41, 5.74) is 0. The maximum atomic E-state index is 12.8. The van der Waals surface area contributed by atoms with Crippen molar-refractivity contribution >= 4 is 17.6 Å². The van der Waals surface area contributed by atoms with Gasteiger partial charge in [0.1, 0.15) is 16.7 Å². The number of H-pyrrole nitrogens is 1. The van der Waals surface area contributed by atoms with Gasteiger partial charge in [-0.15, -0.1) is 5.10 Å². The Hall–Kier alpha value is -1.84. The average molecular weight is 318 g/mol. The molecule has 0 aliphatic heterocycles. The third-order valence-electron chi connectivity index (χ3n) is 2.28. The molecule has 2 aromatic heterocycles. The summed E-state index contributed by atoms with van der Waals surface area (Å²) in [7, 11) is 0. The molecule has 0 aromatic carbocycles. The Kier molecular flexibility index (Phi) is 4.66. The Morgan fingerprint density at radius 1 is 1.29 bits per heavy atom. The van der Waals surface area contributed by atoms with E-state index in [9.17, 15) is 13.2 Å². The highest BCUT2D eigenvalue weighted by Gasteiger charge is 2.35. The maximum absolute atomic E-state index is 12.8. The van der Waals surface area contributed by atoms with Crippen LogP contribution >= 0.6 is 11.8 Å². The first kappa shape index (κ1) is 15.5. The summed E-state index contributed by atoms with van der Waals surface area (Å²) in [4.78, 5) is 11.0. The summed E-state index contributed by atoms with van der Waals surface area (Å²) in [5, 5.41) is 9.74. The molecule has 0 bridgehead atoms. The first-order chi connectivity index (χ1) is 9.88. The van der Waals surface area contributed by atoms with E-state index in [0.29, 0.717) is 17.5 Å². The van der Waals surface area contributed by atoms with Gasteiger partial charge in [-0.1, -0.05) is 6.92 Å². The van der Waals surface area contributed by atoms with Crippen LogP contribution in [0.5, 0.6) is 0 Å². The van der Waals surface area contributed by atoms with Gasteiger partial charge in [0.25, 0.3) is 0 Å². The molecule has 0 saturated heterocycles. The normalized spacial score (nSPS) is 11.7. The standard InChI is InChI=1S/C11H13F3N6S/c1-3-4-15-7-5-8(18-9(17-7)11(12,13)14)21-10-16-6(2)19-20-10/h5H,3-4H2,1-2H3,(H,15,17,18)(H,16,19,20). The van der Waals surface area contributed by atoms with Crippen LogP contribution in [0.3, 0.4) is 0 Å². The van der Waals surface area contributed by atoms with Gasteiger partial charge >= 0.3 is 6.18 Å².